The molecule has 0 aliphatic carbocycles. The lowest BCUT2D eigenvalue weighted by Crippen LogP contribution is -2.08. The number of hydrogen-bond acceptors (Lipinski definition) is 3. The summed E-state index contributed by atoms with van der Waals surface area (Å²) in [5.74, 6) is 0. The van der Waals surface area contributed by atoms with Crippen molar-refractivity contribution < 1.29 is 17.6 Å². The third-order valence-corrected chi connectivity index (χ3v) is 2.87. The topological polar surface area (TPSA) is 43.9 Å². The summed E-state index contributed by atoms with van der Waals surface area (Å²) < 4.78 is 45.2. The fourth-order valence-electron chi connectivity index (χ4n) is 1.83. The lowest BCUT2D eigenvalue weighted by atomic mass is 10.1. The van der Waals surface area contributed by atoms with E-state index in [0.29, 0.717) is 5.69 Å². The van der Waals surface area contributed by atoms with Crippen molar-refractivity contribution in [1.82, 2.24) is 14.8 Å². The van der Waals surface area contributed by atoms with Crippen molar-refractivity contribution in [2.24, 2.45) is 0 Å². The molecule has 0 radical (unpaired) electrons. The number of hydrogen-bond donors (Lipinski definition) is 0. The Bertz CT molecular complexity index is 734. The molecule has 2 aromatic heterocycles. The maximum Gasteiger partial charge on any atom is 0.420 e. The van der Waals surface area contributed by atoms with Gasteiger partial charge in [0.25, 0.3) is 0 Å². The fourth-order valence-corrected chi connectivity index (χ4v) is 2.13. The van der Waals surface area contributed by atoms with Crippen LogP contribution in [0.5, 0.6) is 0 Å². The second kappa shape index (κ2) is 3.99. The summed E-state index contributed by atoms with van der Waals surface area (Å²) in [4.78, 5) is 3.60. The zero-order chi connectivity index (χ0) is 13.6. The van der Waals surface area contributed by atoms with E-state index in [1.165, 1.54) is 10.9 Å². The summed E-state index contributed by atoms with van der Waals surface area (Å²) >= 11 is 5.72. The van der Waals surface area contributed by atoms with Crippen molar-refractivity contribution in [3.8, 4) is 5.69 Å². The molecule has 0 atom stereocenters. The van der Waals surface area contributed by atoms with Crippen molar-refractivity contribution in [1.29, 1.82) is 0 Å². The van der Waals surface area contributed by atoms with Crippen molar-refractivity contribution in [2.75, 3.05) is 0 Å². The van der Waals surface area contributed by atoms with Crippen LogP contribution in [0, 0.1) is 0 Å². The number of halogens is 4. The average Bonchev–Trinajstić information content (AvgIpc) is 2.96. The van der Waals surface area contributed by atoms with Crippen LogP contribution in [-0.4, -0.2) is 14.8 Å². The number of fused-ring (bicyclic) bond motifs is 1. The first-order valence-electron chi connectivity index (χ1n) is 5.11. The largest absolute Gasteiger partial charge is 0.441 e. The normalized spacial score (nSPS) is 12.2. The quantitative estimate of drug-likeness (QED) is 0.685. The number of nitrogens with zero attached hydrogens (tertiary/aromatic N) is 3. The van der Waals surface area contributed by atoms with Gasteiger partial charge in [-0.1, -0.05) is 11.6 Å². The molecule has 4 nitrogen and oxygen atoms in total. The number of aromatic nitrogens is 3. The molecule has 19 heavy (non-hydrogen) atoms. The Morgan fingerprint density at radius 1 is 1.32 bits per heavy atom. The molecule has 8 heteroatoms. The third-order valence-electron chi connectivity index (χ3n) is 2.57. The van der Waals surface area contributed by atoms with Crippen molar-refractivity contribution in [3.63, 3.8) is 0 Å². The van der Waals surface area contributed by atoms with Crippen LogP contribution >= 0.6 is 11.6 Å². The molecule has 0 saturated carbocycles. The molecule has 0 fully saturated rings. The number of benzene rings is 1. The first-order chi connectivity index (χ1) is 8.98. The molecule has 0 bridgehead atoms. The van der Waals surface area contributed by atoms with Crippen LogP contribution < -0.4 is 0 Å². The molecule has 98 valence electrons. The van der Waals surface area contributed by atoms with Crippen molar-refractivity contribution in [2.45, 2.75) is 6.18 Å². The highest BCUT2D eigenvalue weighted by molar-refractivity contribution is 6.32. The van der Waals surface area contributed by atoms with Gasteiger partial charge >= 0.3 is 6.18 Å². The molecule has 0 unspecified atom stereocenters. The lowest BCUT2D eigenvalue weighted by molar-refractivity contribution is -0.136. The summed E-state index contributed by atoms with van der Waals surface area (Å²) in [6.45, 7) is 0. The molecular formula is C11H5ClF3N3O. The molecular weight excluding hydrogens is 283 g/mol. The van der Waals surface area contributed by atoms with E-state index >= 15 is 0 Å². The zero-order valence-electron chi connectivity index (χ0n) is 9.15. The number of rotatable bonds is 1. The van der Waals surface area contributed by atoms with E-state index in [1.54, 1.807) is 12.3 Å². The molecule has 0 aliphatic heterocycles. The fraction of sp³-hybridized carbons (Fsp3) is 0.0909. The highest BCUT2D eigenvalue weighted by atomic mass is 35.5. The van der Waals surface area contributed by atoms with Crippen molar-refractivity contribution in [3.05, 3.63) is 41.5 Å². The van der Waals surface area contributed by atoms with E-state index in [1.807, 2.05) is 0 Å². The maximum atomic E-state index is 12.9. The van der Waals surface area contributed by atoms with E-state index in [4.69, 9.17) is 16.0 Å². The van der Waals surface area contributed by atoms with Gasteiger partial charge < -0.3 is 4.42 Å². The molecule has 3 rings (SSSR count). The highest BCUT2D eigenvalue weighted by Gasteiger charge is 2.37. The summed E-state index contributed by atoms with van der Waals surface area (Å²) in [6, 6.07) is 2.79. The smallest absolute Gasteiger partial charge is 0.420 e. The van der Waals surface area contributed by atoms with E-state index in [2.05, 4.69) is 10.1 Å². The van der Waals surface area contributed by atoms with E-state index in [-0.39, 0.29) is 11.1 Å². The minimum Gasteiger partial charge on any atom is -0.441 e. The monoisotopic (exact) mass is 287 g/mol. The van der Waals surface area contributed by atoms with E-state index in [9.17, 15) is 13.2 Å². The Morgan fingerprint density at radius 3 is 2.74 bits per heavy atom. The molecule has 0 aliphatic rings. The van der Waals surface area contributed by atoms with Crippen LogP contribution in [0.2, 0.25) is 5.02 Å². The van der Waals surface area contributed by atoms with Gasteiger partial charge in [-0.25, -0.2) is 9.67 Å². The second-order valence-electron chi connectivity index (χ2n) is 3.73. The second-order valence-corrected chi connectivity index (χ2v) is 4.14. The van der Waals surface area contributed by atoms with Crippen LogP contribution in [0.3, 0.4) is 0 Å². The van der Waals surface area contributed by atoms with Crippen LogP contribution in [0.1, 0.15) is 5.56 Å². The Labute approximate surface area is 109 Å². The van der Waals surface area contributed by atoms with Gasteiger partial charge in [0, 0.05) is 12.4 Å². The molecule has 0 N–H and O–H groups in total. The van der Waals surface area contributed by atoms with Crippen molar-refractivity contribution >= 4 is 22.7 Å². The minimum absolute atomic E-state index is 0.0135. The predicted molar refractivity (Wildman–Crippen MR) is 61.1 cm³/mol. The van der Waals surface area contributed by atoms with Gasteiger partial charge in [-0.05, 0) is 12.1 Å². The standard InChI is InChI=1S/C11H5ClF3N3O/c12-6-4-7(18-3-1-2-17-18)10-9(16-5-19-10)8(6)11(13,14)15/h1-5H. The van der Waals surface area contributed by atoms with E-state index < -0.39 is 16.8 Å². The predicted octanol–water partition coefficient (Wildman–Crippen LogP) is 3.69. The summed E-state index contributed by atoms with van der Waals surface area (Å²) in [5.41, 5.74) is -1.05. The summed E-state index contributed by atoms with van der Waals surface area (Å²) in [5, 5.41) is 3.49. The summed E-state index contributed by atoms with van der Waals surface area (Å²) in [7, 11) is 0. The average molecular weight is 288 g/mol. The number of alkyl halides is 3. The van der Waals surface area contributed by atoms with Gasteiger partial charge in [-0.15, -0.1) is 0 Å². The molecule has 0 spiro atoms. The Morgan fingerprint density at radius 2 is 2.11 bits per heavy atom. The molecule has 0 amide bonds. The maximum absolute atomic E-state index is 12.9. The first-order valence-corrected chi connectivity index (χ1v) is 5.49. The molecule has 2 heterocycles. The van der Waals surface area contributed by atoms with Gasteiger partial charge in [-0.3, -0.25) is 0 Å². The summed E-state index contributed by atoms with van der Waals surface area (Å²) in [6.07, 6.45) is -0.591. The van der Waals surface area contributed by atoms with Gasteiger partial charge in [-0.2, -0.15) is 18.3 Å². The lowest BCUT2D eigenvalue weighted by Gasteiger charge is -2.11. The number of oxazole rings is 1. The molecule has 0 saturated heterocycles. The molecule has 3 aromatic rings. The SMILES string of the molecule is FC(F)(F)c1c(Cl)cc(-n2cccn2)c2ocnc12. The van der Waals surface area contributed by atoms with Crippen LogP contribution in [0.15, 0.2) is 35.3 Å². The third kappa shape index (κ3) is 1.86. The van der Waals surface area contributed by atoms with Gasteiger partial charge in [0.1, 0.15) is 16.8 Å². The van der Waals surface area contributed by atoms with Crippen LogP contribution in [-0.2, 0) is 6.18 Å². The Balaban J connectivity index is 2.38. The molecule has 1 aromatic carbocycles. The van der Waals surface area contributed by atoms with Gasteiger partial charge in [0.15, 0.2) is 12.0 Å². The van der Waals surface area contributed by atoms with Crippen LogP contribution in [0.25, 0.3) is 16.8 Å². The highest BCUT2D eigenvalue weighted by Crippen LogP contribution is 2.41. The van der Waals surface area contributed by atoms with Gasteiger partial charge in [0.05, 0.1) is 5.02 Å². The van der Waals surface area contributed by atoms with Crippen LogP contribution in [0.4, 0.5) is 13.2 Å². The first kappa shape index (κ1) is 12.0. The minimum atomic E-state index is -4.60. The van der Waals surface area contributed by atoms with Gasteiger partial charge in [0.2, 0.25) is 0 Å². The zero-order valence-corrected chi connectivity index (χ0v) is 9.90. The Kier molecular flexibility index (Phi) is 2.53. The Hall–Kier alpha value is -2.02. The van der Waals surface area contributed by atoms with E-state index in [0.717, 1.165) is 12.5 Å².